The Labute approximate surface area is 103 Å². The molecular formula is C10H11Cl2NO3. The SMILES string of the molecule is O=C(COCCO)Nc1cccc(Cl)c1Cl. The van der Waals surface area contributed by atoms with E-state index in [-0.39, 0.29) is 25.7 Å². The monoisotopic (exact) mass is 263 g/mol. The lowest BCUT2D eigenvalue weighted by molar-refractivity contribution is -0.120. The Morgan fingerprint density at radius 3 is 2.88 bits per heavy atom. The molecule has 1 rings (SSSR count). The van der Waals surface area contributed by atoms with E-state index in [0.29, 0.717) is 15.7 Å². The second-order valence-corrected chi connectivity index (χ2v) is 3.71. The summed E-state index contributed by atoms with van der Waals surface area (Å²) in [6, 6.07) is 4.94. The molecule has 0 saturated heterocycles. The van der Waals surface area contributed by atoms with Gasteiger partial charge < -0.3 is 15.2 Å². The van der Waals surface area contributed by atoms with Crippen LogP contribution in [0.4, 0.5) is 5.69 Å². The van der Waals surface area contributed by atoms with Crippen LogP contribution in [0.15, 0.2) is 18.2 Å². The molecule has 6 heteroatoms. The minimum absolute atomic E-state index is 0.120. The number of aliphatic hydroxyl groups is 1. The summed E-state index contributed by atoms with van der Waals surface area (Å²) in [6.07, 6.45) is 0. The summed E-state index contributed by atoms with van der Waals surface area (Å²) in [6.45, 7) is -0.134. The summed E-state index contributed by atoms with van der Waals surface area (Å²) >= 11 is 11.6. The maximum atomic E-state index is 11.3. The van der Waals surface area contributed by atoms with Crippen molar-refractivity contribution in [3.63, 3.8) is 0 Å². The van der Waals surface area contributed by atoms with E-state index in [1.807, 2.05) is 0 Å². The van der Waals surface area contributed by atoms with E-state index < -0.39 is 0 Å². The number of nitrogens with one attached hydrogen (secondary N) is 1. The average Bonchev–Trinajstić information content (AvgIpc) is 2.25. The van der Waals surface area contributed by atoms with Crippen LogP contribution in [0.3, 0.4) is 0 Å². The number of halogens is 2. The van der Waals surface area contributed by atoms with Gasteiger partial charge in [0, 0.05) is 0 Å². The lowest BCUT2D eigenvalue weighted by Gasteiger charge is -2.08. The molecule has 2 N–H and O–H groups in total. The fourth-order valence-corrected chi connectivity index (χ4v) is 1.36. The second-order valence-electron chi connectivity index (χ2n) is 2.93. The van der Waals surface area contributed by atoms with Gasteiger partial charge in [-0.25, -0.2) is 0 Å². The lowest BCUT2D eigenvalue weighted by Crippen LogP contribution is -2.19. The number of hydrogen-bond acceptors (Lipinski definition) is 3. The molecule has 0 spiro atoms. The third-order valence-electron chi connectivity index (χ3n) is 1.69. The first kappa shape index (κ1) is 13.3. The number of hydrogen-bond donors (Lipinski definition) is 2. The topological polar surface area (TPSA) is 58.6 Å². The molecule has 0 aromatic heterocycles. The van der Waals surface area contributed by atoms with Crippen molar-refractivity contribution in [3.8, 4) is 0 Å². The molecule has 4 nitrogen and oxygen atoms in total. The van der Waals surface area contributed by atoms with Crippen LogP contribution < -0.4 is 5.32 Å². The zero-order chi connectivity index (χ0) is 12.0. The van der Waals surface area contributed by atoms with Crippen LogP contribution in [0.1, 0.15) is 0 Å². The number of benzene rings is 1. The molecule has 1 aromatic carbocycles. The van der Waals surface area contributed by atoms with Crippen molar-refractivity contribution in [2.75, 3.05) is 25.1 Å². The molecule has 0 saturated carbocycles. The van der Waals surface area contributed by atoms with Gasteiger partial charge in [0.05, 0.1) is 28.9 Å². The number of amides is 1. The van der Waals surface area contributed by atoms with Gasteiger partial charge in [0.15, 0.2) is 0 Å². The maximum absolute atomic E-state index is 11.3. The summed E-state index contributed by atoms with van der Waals surface area (Å²) in [7, 11) is 0. The standard InChI is InChI=1S/C10H11Cl2NO3/c11-7-2-1-3-8(10(7)12)13-9(15)6-16-5-4-14/h1-3,14H,4-6H2,(H,13,15). The lowest BCUT2D eigenvalue weighted by atomic mass is 10.3. The number of ether oxygens (including phenoxy) is 1. The Hall–Kier alpha value is -0.810. The van der Waals surface area contributed by atoms with Gasteiger partial charge in [-0.05, 0) is 12.1 Å². The molecule has 0 heterocycles. The van der Waals surface area contributed by atoms with Crippen molar-refractivity contribution in [1.82, 2.24) is 0 Å². The van der Waals surface area contributed by atoms with E-state index in [9.17, 15) is 4.79 Å². The molecule has 1 aromatic rings. The minimum atomic E-state index is -0.349. The molecule has 88 valence electrons. The molecule has 0 atom stereocenters. The maximum Gasteiger partial charge on any atom is 0.250 e. The van der Waals surface area contributed by atoms with E-state index in [2.05, 4.69) is 5.32 Å². The molecule has 0 aliphatic carbocycles. The number of rotatable bonds is 5. The van der Waals surface area contributed by atoms with Crippen molar-refractivity contribution in [3.05, 3.63) is 28.2 Å². The van der Waals surface area contributed by atoms with Gasteiger partial charge in [0.1, 0.15) is 6.61 Å². The number of aliphatic hydroxyl groups excluding tert-OH is 1. The van der Waals surface area contributed by atoms with Gasteiger partial charge in [-0.2, -0.15) is 0 Å². The van der Waals surface area contributed by atoms with Crippen molar-refractivity contribution in [2.45, 2.75) is 0 Å². The average molecular weight is 264 g/mol. The summed E-state index contributed by atoms with van der Waals surface area (Å²) in [5.74, 6) is -0.349. The van der Waals surface area contributed by atoms with Crippen LogP contribution in [-0.2, 0) is 9.53 Å². The van der Waals surface area contributed by atoms with Gasteiger partial charge >= 0.3 is 0 Å². The molecule has 0 unspecified atom stereocenters. The third kappa shape index (κ3) is 3.98. The van der Waals surface area contributed by atoms with E-state index in [0.717, 1.165) is 0 Å². The molecule has 16 heavy (non-hydrogen) atoms. The molecule has 0 fully saturated rings. The number of anilines is 1. The van der Waals surface area contributed by atoms with E-state index >= 15 is 0 Å². The van der Waals surface area contributed by atoms with Gasteiger partial charge in [-0.3, -0.25) is 4.79 Å². The molecule has 1 amide bonds. The Bertz CT molecular complexity index is 371. The van der Waals surface area contributed by atoms with Crippen molar-refractivity contribution < 1.29 is 14.6 Å². The fourth-order valence-electron chi connectivity index (χ4n) is 1.02. The van der Waals surface area contributed by atoms with Crippen molar-refractivity contribution in [2.24, 2.45) is 0 Å². The highest BCUT2D eigenvalue weighted by Crippen LogP contribution is 2.29. The van der Waals surface area contributed by atoms with Crippen LogP contribution in [0.5, 0.6) is 0 Å². The highest BCUT2D eigenvalue weighted by molar-refractivity contribution is 6.43. The molecule has 0 aliphatic rings. The van der Waals surface area contributed by atoms with Gasteiger partial charge in [-0.1, -0.05) is 29.3 Å². The van der Waals surface area contributed by atoms with Crippen LogP contribution in [0.25, 0.3) is 0 Å². The molecule has 0 bridgehead atoms. The predicted molar refractivity (Wildman–Crippen MR) is 63.0 cm³/mol. The summed E-state index contributed by atoms with van der Waals surface area (Å²) in [5.41, 5.74) is 0.437. The van der Waals surface area contributed by atoms with Gasteiger partial charge in [0.2, 0.25) is 5.91 Å². The van der Waals surface area contributed by atoms with Gasteiger partial charge in [0.25, 0.3) is 0 Å². The van der Waals surface area contributed by atoms with Gasteiger partial charge in [-0.15, -0.1) is 0 Å². The van der Waals surface area contributed by atoms with Crippen LogP contribution >= 0.6 is 23.2 Å². The Morgan fingerprint density at radius 1 is 1.44 bits per heavy atom. The first-order valence-electron chi connectivity index (χ1n) is 4.57. The van der Waals surface area contributed by atoms with Crippen molar-refractivity contribution in [1.29, 1.82) is 0 Å². The Balaban J connectivity index is 2.53. The van der Waals surface area contributed by atoms with Crippen LogP contribution in [0, 0.1) is 0 Å². The fraction of sp³-hybridized carbons (Fsp3) is 0.300. The minimum Gasteiger partial charge on any atom is -0.394 e. The molecular weight excluding hydrogens is 253 g/mol. The highest BCUT2D eigenvalue weighted by Gasteiger charge is 2.07. The van der Waals surface area contributed by atoms with Crippen molar-refractivity contribution >= 4 is 34.8 Å². The summed E-state index contributed by atoms with van der Waals surface area (Å²) in [4.78, 5) is 11.3. The smallest absolute Gasteiger partial charge is 0.250 e. The van der Waals surface area contributed by atoms with Crippen LogP contribution in [0.2, 0.25) is 10.0 Å². The van der Waals surface area contributed by atoms with E-state index in [1.165, 1.54) is 0 Å². The predicted octanol–water partition coefficient (Wildman–Crippen LogP) is 1.94. The second kappa shape index (κ2) is 6.70. The first-order valence-corrected chi connectivity index (χ1v) is 5.33. The largest absolute Gasteiger partial charge is 0.394 e. The quantitative estimate of drug-likeness (QED) is 0.799. The van der Waals surface area contributed by atoms with Crippen LogP contribution in [-0.4, -0.2) is 30.8 Å². The van der Waals surface area contributed by atoms with E-state index in [4.69, 9.17) is 33.0 Å². The van der Waals surface area contributed by atoms with E-state index in [1.54, 1.807) is 18.2 Å². The Kier molecular flexibility index (Phi) is 5.55. The third-order valence-corrected chi connectivity index (χ3v) is 2.51. The highest BCUT2D eigenvalue weighted by atomic mass is 35.5. The zero-order valence-corrected chi connectivity index (χ0v) is 9.88. The molecule has 0 radical (unpaired) electrons. The first-order chi connectivity index (χ1) is 7.65. The Morgan fingerprint density at radius 2 is 2.19 bits per heavy atom. The number of carbonyl (C=O) groups excluding carboxylic acids is 1. The zero-order valence-electron chi connectivity index (χ0n) is 8.37. The molecule has 0 aliphatic heterocycles. The summed E-state index contributed by atoms with van der Waals surface area (Å²) in [5, 5.41) is 11.7. The number of carbonyl (C=O) groups is 1. The summed E-state index contributed by atoms with van der Waals surface area (Å²) < 4.78 is 4.85. The normalized spacial score (nSPS) is 10.2.